The van der Waals surface area contributed by atoms with Crippen LogP contribution in [0.3, 0.4) is 0 Å². The molecule has 0 heterocycles. The highest BCUT2D eigenvalue weighted by atomic mass is 16.5. The molecule has 2 unspecified atom stereocenters. The van der Waals surface area contributed by atoms with Gasteiger partial charge in [-0.3, -0.25) is 9.59 Å². The maximum Gasteiger partial charge on any atom is 0.252 e. The largest absolute Gasteiger partial charge is 0.497 e. The molecule has 0 saturated carbocycles. The maximum absolute atomic E-state index is 12.7. The Kier molecular flexibility index (Phi) is 7.86. The van der Waals surface area contributed by atoms with Gasteiger partial charge in [0.15, 0.2) is 0 Å². The van der Waals surface area contributed by atoms with Gasteiger partial charge >= 0.3 is 0 Å². The second-order valence-electron chi connectivity index (χ2n) is 6.60. The van der Waals surface area contributed by atoms with Crippen LogP contribution < -0.4 is 15.4 Å². The molecular formula is C22H28N2O3. The lowest BCUT2D eigenvalue weighted by atomic mass is 9.97. The number of ether oxygens (including phenoxy) is 1. The van der Waals surface area contributed by atoms with E-state index in [1.807, 2.05) is 44.2 Å². The number of carbonyl (C=O) groups excluding carboxylic acids is 2. The van der Waals surface area contributed by atoms with Gasteiger partial charge in [-0.2, -0.15) is 0 Å². The van der Waals surface area contributed by atoms with Crippen molar-refractivity contribution in [1.29, 1.82) is 0 Å². The number of methoxy groups -OCH3 is 1. The lowest BCUT2D eigenvalue weighted by Crippen LogP contribution is -2.50. The molecule has 2 aromatic rings. The van der Waals surface area contributed by atoms with Crippen molar-refractivity contribution in [2.45, 2.75) is 32.7 Å². The van der Waals surface area contributed by atoms with Crippen LogP contribution in [0.4, 0.5) is 0 Å². The zero-order chi connectivity index (χ0) is 19.6. The van der Waals surface area contributed by atoms with Crippen LogP contribution >= 0.6 is 0 Å². The summed E-state index contributed by atoms with van der Waals surface area (Å²) in [5.41, 5.74) is 1.64. The molecule has 0 radical (unpaired) electrons. The van der Waals surface area contributed by atoms with E-state index in [0.29, 0.717) is 17.9 Å². The zero-order valence-electron chi connectivity index (χ0n) is 16.2. The molecule has 0 saturated heterocycles. The van der Waals surface area contributed by atoms with Crippen molar-refractivity contribution in [1.82, 2.24) is 10.6 Å². The highest BCUT2D eigenvalue weighted by Crippen LogP contribution is 2.14. The molecule has 5 nitrogen and oxygen atoms in total. The Bertz CT molecular complexity index is 746. The molecule has 144 valence electrons. The van der Waals surface area contributed by atoms with Crippen LogP contribution in [0.1, 0.15) is 36.2 Å². The van der Waals surface area contributed by atoms with E-state index in [0.717, 1.165) is 12.8 Å². The standard InChI is InChI=1S/C22H28N2O3/c1-4-16(2)20(22(26)23-14-13-17-9-6-5-7-10-17)24-21(25)18-11-8-12-19(15-18)27-3/h5-12,15-16,20H,4,13-14H2,1-3H3,(H,23,26)(H,24,25). The fourth-order valence-corrected chi connectivity index (χ4v) is 2.78. The van der Waals surface area contributed by atoms with Gasteiger partial charge in [-0.25, -0.2) is 0 Å². The van der Waals surface area contributed by atoms with Crippen LogP contribution in [0.25, 0.3) is 0 Å². The molecule has 2 aromatic carbocycles. The minimum Gasteiger partial charge on any atom is -0.497 e. The fraction of sp³-hybridized carbons (Fsp3) is 0.364. The first-order valence-electron chi connectivity index (χ1n) is 9.31. The molecule has 0 fully saturated rings. The third kappa shape index (κ3) is 6.13. The molecule has 0 aromatic heterocycles. The van der Waals surface area contributed by atoms with E-state index in [1.54, 1.807) is 31.4 Å². The summed E-state index contributed by atoms with van der Waals surface area (Å²) in [4.78, 5) is 25.3. The summed E-state index contributed by atoms with van der Waals surface area (Å²) in [6.07, 6.45) is 1.54. The van der Waals surface area contributed by atoms with Crippen molar-refractivity contribution in [2.24, 2.45) is 5.92 Å². The number of rotatable bonds is 9. The molecule has 0 aliphatic heterocycles. The van der Waals surface area contributed by atoms with E-state index in [1.165, 1.54) is 5.56 Å². The number of carbonyl (C=O) groups is 2. The van der Waals surface area contributed by atoms with Crippen molar-refractivity contribution in [3.63, 3.8) is 0 Å². The van der Waals surface area contributed by atoms with E-state index < -0.39 is 6.04 Å². The van der Waals surface area contributed by atoms with Crippen LogP contribution in [0, 0.1) is 5.92 Å². The van der Waals surface area contributed by atoms with Crippen LogP contribution in [-0.4, -0.2) is 31.5 Å². The van der Waals surface area contributed by atoms with Gasteiger partial charge in [0, 0.05) is 12.1 Å². The molecule has 2 rings (SSSR count). The molecule has 2 amide bonds. The summed E-state index contributed by atoms with van der Waals surface area (Å²) in [7, 11) is 1.55. The summed E-state index contributed by atoms with van der Waals surface area (Å²) in [6, 6.07) is 16.3. The van der Waals surface area contributed by atoms with Gasteiger partial charge in [-0.1, -0.05) is 56.7 Å². The van der Waals surface area contributed by atoms with Gasteiger partial charge in [0.25, 0.3) is 5.91 Å². The summed E-state index contributed by atoms with van der Waals surface area (Å²) < 4.78 is 5.16. The van der Waals surface area contributed by atoms with E-state index in [-0.39, 0.29) is 17.7 Å². The third-order valence-corrected chi connectivity index (χ3v) is 4.67. The van der Waals surface area contributed by atoms with E-state index in [4.69, 9.17) is 4.74 Å². The Morgan fingerprint density at radius 3 is 2.48 bits per heavy atom. The van der Waals surface area contributed by atoms with Crippen molar-refractivity contribution >= 4 is 11.8 Å². The highest BCUT2D eigenvalue weighted by Gasteiger charge is 2.26. The number of amides is 2. The van der Waals surface area contributed by atoms with Gasteiger partial charge in [-0.15, -0.1) is 0 Å². The second-order valence-corrected chi connectivity index (χ2v) is 6.60. The van der Waals surface area contributed by atoms with Crippen LogP contribution in [0.15, 0.2) is 54.6 Å². The van der Waals surface area contributed by atoms with Gasteiger partial charge in [0.05, 0.1) is 7.11 Å². The number of nitrogens with one attached hydrogen (secondary N) is 2. The van der Waals surface area contributed by atoms with Crippen molar-refractivity contribution in [2.75, 3.05) is 13.7 Å². The zero-order valence-corrected chi connectivity index (χ0v) is 16.2. The Hall–Kier alpha value is -2.82. The molecule has 0 spiro atoms. The lowest BCUT2D eigenvalue weighted by molar-refractivity contribution is -0.124. The predicted molar refractivity (Wildman–Crippen MR) is 107 cm³/mol. The molecule has 2 N–H and O–H groups in total. The summed E-state index contributed by atoms with van der Waals surface area (Å²) in [5, 5.41) is 5.82. The molecule has 27 heavy (non-hydrogen) atoms. The Labute approximate surface area is 161 Å². The Morgan fingerprint density at radius 2 is 1.81 bits per heavy atom. The average molecular weight is 368 g/mol. The number of hydrogen-bond acceptors (Lipinski definition) is 3. The van der Waals surface area contributed by atoms with Crippen molar-refractivity contribution in [3.05, 3.63) is 65.7 Å². The first kappa shape index (κ1) is 20.5. The SMILES string of the molecule is CCC(C)C(NC(=O)c1cccc(OC)c1)C(=O)NCCc1ccccc1. The third-order valence-electron chi connectivity index (χ3n) is 4.67. The predicted octanol–water partition coefficient (Wildman–Crippen LogP) is 3.20. The second kappa shape index (κ2) is 10.4. The Balaban J connectivity index is 1.98. The van der Waals surface area contributed by atoms with E-state index >= 15 is 0 Å². The summed E-state index contributed by atoms with van der Waals surface area (Å²) in [6.45, 7) is 4.50. The summed E-state index contributed by atoms with van der Waals surface area (Å²) in [5.74, 6) is 0.195. The minimum absolute atomic E-state index is 0.0243. The van der Waals surface area contributed by atoms with Gasteiger partial charge in [0.2, 0.25) is 5.91 Å². The van der Waals surface area contributed by atoms with Crippen molar-refractivity contribution in [3.8, 4) is 5.75 Å². The molecular weight excluding hydrogens is 340 g/mol. The number of benzene rings is 2. The topological polar surface area (TPSA) is 67.4 Å². The van der Waals surface area contributed by atoms with Gasteiger partial charge in [0.1, 0.15) is 11.8 Å². The number of hydrogen-bond donors (Lipinski definition) is 2. The molecule has 5 heteroatoms. The smallest absolute Gasteiger partial charge is 0.252 e. The maximum atomic E-state index is 12.7. The first-order chi connectivity index (χ1) is 13.0. The fourth-order valence-electron chi connectivity index (χ4n) is 2.78. The van der Waals surface area contributed by atoms with Crippen LogP contribution in [-0.2, 0) is 11.2 Å². The van der Waals surface area contributed by atoms with Gasteiger partial charge in [-0.05, 0) is 36.1 Å². The minimum atomic E-state index is -0.579. The van der Waals surface area contributed by atoms with E-state index in [9.17, 15) is 9.59 Å². The average Bonchev–Trinajstić information content (AvgIpc) is 2.71. The van der Waals surface area contributed by atoms with Crippen LogP contribution in [0.2, 0.25) is 0 Å². The quantitative estimate of drug-likeness (QED) is 0.714. The molecule has 0 aliphatic carbocycles. The van der Waals surface area contributed by atoms with E-state index in [2.05, 4.69) is 10.6 Å². The lowest BCUT2D eigenvalue weighted by Gasteiger charge is -2.23. The monoisotopic (exact) mass is 368 g/mol. The molecule has 2 atom stereocenters. The normalized spacial score (nSPS) is 12.7. The molecule has 0 aliphatic rings. The highest BCUT2D eigenvalue weighted by molar-refractivity contribution is 5.97. The van der Waals surface area contributed by atoms with Crippen LogP contribution in [0.5, 0.6) is 5.75 Å². The van der Waals surface area contributed by atoms with Gasteiger partial charge < -0.3 is 15.4 Å². The first-order valence-corrected chi connectivity index (χ1v) is 9.31. The Morgan fingerprint density at radius 1 is 1.07 bits per heavy atom. The molecule has 0 bridgehead atoms. The van der Waals surface area contributed by atoms with Crippen molar-refractivity contribution < 1.29 is 14.3 Å². The summed E-state index contributed by atoms with van der Waals surface area (Å²) >= 11 is 0.